The summed E-state index contributed by atoms with van der Waals surface area (Å²) < 4.78 is 6.00. The molecule has 1 amide bonds. The number of esters is 1. The number of amides is 1. The quantitative estimate of drug-likeness (QED) is 0.808. The third kappa shape index (κ3) is 4.66. The zero-order chi connectivity index (χ0) is 16.8. The number of hydrogen-bond acceptors (Lipinski definition) is 3. The molecule has 0 saturated heterocycles. The standard InChI is InChI=1S/C18H18BrNO3/c1-12-7-3-4-8-14(12)18(22)23-11-17(21)20-13(2)15-9-5-6-10-16(15)19/h3-10,13H,11H2,1-2H3,(H,20,21)/t13-/m0/s1. The van der Waals surface area contributed by atoms with Crippen LogP contribution >= 0.6 is 15.9 Å². The molecule has 120 valence electrons. The van der Waals surface area contributed by atoms with Crippen LogP contribution in [0.3, 0.4) is 0 Å². The number of carbonyl (C=O) groups excluding carboxylic acids is 2. The zero-order valence-electron chi connectivity index (χ0n) is 13.0. The zero-order valence-corrected chi connectivity index (χ0v) is 14.6. The van der Waals surface area contributed by atoms with Gasteiger partial charge in [0.1, 0.15) is 0 Å². The monoisotopic (exact) mass is 375 g/mol. The third-order valence-electron chi connectivity index (χ3n) is 3.45. The summed E-state index contributed by atoms with van der Waals surface area (Å²) in [7, 11) is 0. The highest BCUT2D eigenvalue weighted by molar-refractivity contribution is 9.10. The van der Waals surface area contributed by atoms with Crippen LogP contribution in [0.4, 0.5) is 0 Å². The maximum absolute atomic E-state index is 12.0. The van der Waals surface area contributed by atoms with Crippen LogP contribution in [0.25, 0.3) is 0 Å². The molecule has 1 N–H and O–H groups in total. The highest BCUT2D eigenvalue weighted by atomic mass is 79.9. The van der Waals surface area contributed by atoms with Gasteiger partial charge in [-0.15, -0.1) is 0 Å². The highest BCUT2D eigenvalue weighted by Gasteiger charge is 2.15. The summed E-state index contributed by atoms with van der Waals surface area (Å²) in [4.78, 5) is 23.9. The molecule has 5 heteroatoms. The van der Waals surface area contributed by atoms with Gasteiger partial charge < -0.3 is 10.1 Å². The maximum Gasteiger partial charge on any atom is 0.338 e. The van der Waals surface area contributed by atoms with E-state index in [-0.39, 0.29) is 18.6 Å². The van der Waals surface area contributed by atoms with Crippen LogP contribution < -0.4 is 5.32 Å². The number of hydrogen-bond donors (Lipinski definition) is 1. The van der Waals surface area contributed by atoms with E-state index >= 15 is 0 Å². The molecule has 1 atom stereocenters. The van der Waals surface area contributed by atoms with Gasteiger partial charge in [0.15, 0.2) is 6.61 Å². The van der Waals surface area contributed by atoms with Crippen molar-refractivity contribution in [2.75, 3.05) is 6.61 Å². The number of carbonyl (C=O) groups is 2. The normalized spacial score (nSPS) is 11.6. The first kappa shape index (κ1) is 17.2. The van der Waals surface area contributed by atoms with Crippen molar-refractivity contribution in [1.82, 2.24) is 5.32 Å². The molecular weight excluding hydrogens is 358 g/mol. The van der Waals surface area contributed by atoms with Crippen molar-refractivity contribution in [3.63, 3.8) is 0 Å². The van der Waals surface area contributed by atoms with Crippen LogP contribution in [0.1, 0.15) is 34.5 Å². The molecule has 0 saturated carbocycles. The average Bonchev–Trinajstić information content (AvgIpc) is 2.53. The van der Waals surface area contributed by atoms with E-state index in [0.29, 0.717) is 5.56 Å². The van der Waals surface area contributed by atoms with Crippen molar-refractivity contribution >= 4 is 27.8 Å². The van der Waals surface area contributed by atoms with Gasteiger partial charge in [-0.3, -0.25) is 4.79 Å². The predicted octanol–water partition coefficient (Wildman–Crippen LogP) is 3.79. The van der Waals surface area contributed by atoms with E-state index < -0.39 is 5.97 Å². The second-order valence-electron chi connectivity index (χ2n) is 5.20. The van der Waals surface area contributed by atoms with Crippen molar-refractivity contribution in [2.24, 2.45) is 0 Å². The van der Waals surface area contributed by atoms with Gasteiger partial charge in [0.2, 0.25) is 0 Å². The summed E-state index contributed by atoms with van der Waals surface area (Å²) in [5, 5.41) is 2.81. The van der Waals surface area contributed by atoms with E-state index in [9.17, 15) is 9.59 Å². The first-order valence-corrected chi connectivity index (χ1v) is 8.05. The van der Waals surface area contributed by atoms with Gasteiger partial charge >= 0.3 is 5.97 Å². The van der Waals surface area contributed by atoms with Crippen molar-refractivity contribution in [3.05, 3.63) is 69.7 Å². The Balaban J connectivity index is 1.89. The number of benzene rings is 2. The van der Waals surface area contributed by atoms with Gasteiger partial charge in [-0.05, 0) is 37.1 Å². The molecule has 0 aliphatic rings. The Kier molecular flexibility index (Phi) is 5.93. The molecule has 0 aromatic heterocycles. The van der Waals surface area contributed by atoms with Gasteiger partial charge in [-0.25, -0.2) is 4.79 Å². The van der Waals surface area contributed by atoms with Crippen molar-refractivity contribution in [1.29, 1.82) is 0 Å². The number of halogens is 1. The molecule has 0 aliphatic carbocycles. The van der Waals surface area contributed by atoms with Crippen LogP contribution in [0, 0.1) is 6.92 Å². The lowest BCUT2D eigenvalue weighted by Crippen LogP contribution is -2.31. The first-order valence-electron chi connectivity index (χ1n) is 7.25. The van der Waals surface area contributed by atoms with E-state index in [1.807, 2.05) is 50.2 Å². The third-order valence-corrected chi connectivity index (χ3v) is 4.17. The molecule has 2 rings (SSSR count). The first-order chi connectivity index (χ1) is 11.0. The summed E-state index contributed by atoms with van der Waals surface area (Å²) in [6.07, 6.45) is 0. The Bertz CT molecular complexity index is 715. The van der Waals surface area contributed by atoms with E-state index in [4.69, 9.17) is 4.74 Å². The molecule has 0 spiro atoms. The lowest BCUT2D eigenvalue weighted by Gasteiger charge is -2.16. The lowest BCUT2D eigenvalue weighted by atomic mass is 10.1. The minimum absolute atomic E-state index is 0.185. The SMILES string of the molecule is Cc1ccccc1C(=O)OCC(=O)N[C@@H](C)c1ccccc1Br. The summed E-state index contributed by atoms with van der Waals surface area (Å²) in [5.74, 6) is -0.831. The molecule has 0 radical (unpaired) electrons. The molecule has 2 aromatic carbocycles. The molecule has 23 heavy (non-hydrogen) atoms. The fourth-order valence-electron chi connectivity index (χ4n) is 2.20. The molecule has 0 heterocycles. The van der Waals surface area contributed by atoms with E-state index in [0.717, 1.165) is 15.6 Å². The summed E-state index contributed by atoms with van der Waals surface area (Å²) in [5.41, 5.74) is 2.25. The minimum atomic E-state index is -0.494. The summed E-state index contributed by atoms with van der Waals surface area (Å²) in [6.45, 7) is 3.40. The number of ether oxygens (including phenoxy) is 1. The van der Waals surface area contributed by atoms with Gasteiger partial charge in [-0.1, -0.05) is 52.3 Å². The Morgan fingerprint density at radius 1 is 1.13 bits per heavy atom. The molecule has 0 bridgehead atoms. The maximum atomic E-state index is 12.0. The molecular formula is C18H18BrNO3. The highest BCUT2D eigenvalue weighted by Crippen LogP contribution is 2.22. The largest absolute Gasteiger partial charge is 0.452 e. The predicted molar refractivity (Wildman–Crippen MR) is 92.2 cm³/mol. The second kappa shape index (κ2) is 7.92. The van der Waals surface area contributed by atoms with E-state index in [2.05, 4.69) is 21.2 Å². The summed E-state index contributed by atoms with van der Waals surface area (Å²) in [6, 6.07) is 14.6. The summed E-state index contributed by atoms with van der Waals surface area (Å²) >= 11 is 3.45. The average molecular weight is 376 g/mol. The number of rotatable bonds is 5. The Morgan fingerprint density at radius 3 is 2.48 bits per heavy atom. The van der Waals surface area contributed by atoms with Crippen LogP contribution in [0.5, 0.6) is 0 Å². The van der Waals surface area contributed by atoms with Crippen LogP contribution in [-0.2, 0) is 9.53 Å². The van der Waals surface area contributed by atoms with E-state index in [1.54, 1.807) is 12.1 Å². The van der Waals surface area contributed by atoms with Gasteiger partial charge in [-0.2, -0.15) is 0 Å². The molecule has 2 aromatic rings. The fourth-order valence-corrected chi connectivity index (χ4v) is 2.83. The van der Waals surface area contributed by atoms with Crippen LogP contribution in [-0.4, -0.2) is 18.5 Å². The smallest absolute Gasteiger partial charge is 0.338 e. The van der Waals surface area contributed by atoms with Crippen molar-refractivity contribution in [2.45, 2.75) is 19.9 Å². The van der Waals surface area contributed by atoms with E-state index in [1.165, 1.54) is 0 Å². The van der Waals surface area contributed by atoms with Gasteiger partial charge in [0.25, 0.3) is 5.91 Å². The van der Waals surface area contributed by atoms with Crippen molar-refractivity contribution in [3.8, 4) is 0 Å². The molecule has 0 unspecified atom stereocenters. The molecule has 4 nitrogen and oxygen atoms in total. The minimum Gasteiger partial charge on any atom is -0.452 e. The fraction of sp³-hybridized carbons (Fsp3) is 0.222. The lowest BCUT2D eigenvalue weighted by molar-refractivity contribution is -0.124. The van der Waals surface area contributed by atoms with Gasteiger partial charge in [0.05, 0.1) is 11.6 Å². The van der Waals surface area contributed by atoms with Gasteiger partial charge in [0, 0.05) is 4.47 Å². The van der Waals surface area contributed by atoms with Crippen molar-refractivity contribution < 1.29 is 14.3 Å². The second-order valence-corrected chi connectivity index (χ2v) is 6.06. The molecule has 0 aliphatic heterocycles. The Hall–Kier alpha value is -2.14. The Morgan fingerprint density at radius 2 is 1.78 bits per heavy atom. The number of nitrogens with one attached hydrogen (secondary N) is 1. The van der Waals surface area contributed by atoms with Crippen LogP contribution in [0.15, 0.2) is 53.0 Å². The topological polar surface area (TPSA) is 55.4 Å². The van der Waals surface area contributed by atoms with Crippen LogP contribution in [0.2, 0.25) is 0 Å². The molecule has 0 fully saturated rings. The Labute approximate surface area is 144 Å². The number of aryl methyl sites for hydroxylation is 1.